The molecular weight excluding hydrogens is 364 g/mol. The van der Waals surface area contributed by atoms with Crippen molar-refractivity contribution in [3.05, 3.63) is 66.7 Å². The standard InChI is InChI=1S/C17H14N8OS/c1-26-14-3-2-11(9-19-14)15-16-22-17(23-24(16)7-5-18-15)21-12-4-6-25-13(8-12)10-20-27-25/h2-10,20H,1H3,(H,21,23). The zero-order valence-electron chi connectivity index (χ0n) is 14.2. The highest BCUT2D eigenvalue weighted by atomic mass is 32.2. The number of methoxy groups -OCH3 is 1. The van der Waals surface area contributed by atoms with E-state index >= 15 is 0 Å². The molecule has 0 bridgehead atoms. The van der Waals surface area contributed by atoms with Gasteiger partial charge in [-0.3, -0.25) is 9.29 Å². The van der Waals surface area contributed by atoms with Gasteiger partial charge in [0.25, 0.3) is 0 Å². The smallest absolute Gasteiger partial charge is 0.247 e. The Morgan fingerprint density at radius 2 is 2.22 bits per heavy atom. The minimum Gasteiger partial charge on any atom is -0.481 e. The molecule has 2 aliphatic rings. The lowest BCUT2D eigenvalue weighted by Crippen LogP contribution is -2.10. The van der Waals surface area contributed by atoms with E-state index in [1.165, 1.54) is 12.1 Å². The van der Waals surface area contributed by atoms with Gasteiger partial charge in [0, 0.05) is 48.3 Å². The van der Waals surface area contributed by atoms with Crippen molar-refractivity contribution in [1.29, 1.82) is 0 Å². The molecule has 0 aliphatic carbocycles. The third-order valence-corrected chi connectivity index (χ3v) is 4.79. The van der Waals surface area contributed by atoms with Crippen molar-refractivity contribution in [3.63, 3.8) is 0 Å². The lowest BCUT2D eigenvalue weighted by Gasteiger charge is -2.17. The van der Waals surface area contributed by atoms with E-state index in [2.05, 4.69) is 30.1 Å². The van der Waals surface area contributed by atoms with Crippen LogP contribution < -0.4 is 14.8 Å². The number of hydrogen-bond donors (Lipinski definition) is 2. The summed E-state index contributed by atoms with van der Waals surface area (Å²) in [5, 5.41) is 7.74. The molecule has 2 N–H and O–H groups in total. The van der Waals surface area contributed by atoms with E-state index in [4.69, 9.17) is 4.74 Å². The summed E-state index contributed by atoms with van der Waals surface area (Å²) in [6.07, 6.45) is 13.1. The number of hydrogen-bond acceptors (Lipinski definition) is 9. The quantitative estimate of drug-likeness (QED) is 0.664. The summed E-state index contributed by atoms with van der Waals surface area (Å²) in [6, 6.07) is 3.69. The molecule has 5 rings (SSSR count). The van der Waals surface area contributed by atoms with Crippen LogP contribution in [0.5, 0.6) is 5.88 Å². The lowest BCUT2D eigenvalue weighted by molar-refractivity contribution is 0.398. The van der Waals surface area contributed by atoms with Gasteiger partial charge in [0.05, 0.1) is 24.9 Å². The van der Waals surface area contributed by atoms with Crippen LogP contribution in [-0.4, -0.2) is 36.0 Å². The molecule has 0 spiro atoms. The summed E-state index contributed by atoms with van der Waals surface area (Å²) >= 11 is 1.51. The van der Waals surface area contributed by atoms with Crippen LogP contribution in [0.2, 0.25) is 0 Å². The zero-order chi connectivity index (χ0) is 18.2. The summed E-state index contributed by atoms with van der Waals surface area (Å²) in [7, 11) is 1.58. The monoisotopic (exact) mass is 378 g/mol. The van der Waals surface area contributed by atoms with Gasteiger partial charge in [-0.2, -0.15) is 4.98 Å². The first-order valence-corrected chi connectivity index (χ1v) is 8.88. The second-order valence-electron chi connectivity index (χ2n) is 5.71. The molecule has 134 valence electrons. The Bertz CT molecular complexity index is 1100. The SMILES string of the molecule is COc1ccc(-c2nccn3nc(NC4=CC5=CNSN5C=C4)nc23)cn1. The van der Waals surface area contributed by atoms with Crippen LogP contribution in [0.1, 0.15) is 0 Å². The maximum Gasteiger partial charge on any atom is 0.247 e. The molecule has 10 heteroatoms. The summed E-state index contributed by atoms with van der Waals surface area (Å²) < 4.78 is 11.9. The molecule has 2 aliphatic heterocycles. The van der Waals surface area contributed by atoms with E-state index in [9.17, 15) is 0 Å². The summed E-state index contributed by atoms with van der Waals surface area (Å²) in [5.74, 6) is 1.04. The average molecular weight is 378 g/mol. The molecule has 0 saturated carbocycles. The van der Waals surface area contributed by atoms with Crippen molar-refractivity contribution in [3.8, 4) is 17.1 Å². The fourth-order valence-electron chi connectivity index (χ4n) is 2.76. The van der Waals surface area contributed by atoms with Gasteiger partial charge in [0.15, 0.2) is 5.65 Å². The van der Waals surface area contributed by atoms with Crippen molar-refractivity contribution < 1.29 is 4.74 Å². The van der Waals surface area contributed by atoms with Gasteiger partial charge >= 0.3 is 0 Å². The second kappa shape index (κ2) is 6.32. The van der Waals surface area contributed by atoms with Gasteiger partial charge in [-0.15, -0.1) is 5.10 Å². The fraction of sp³-hybridized carbons (Fsp3) is 0.0588. The Morgan fingerprint density at radius 3 is 3.07 bits per heavy atom. The molecule has 0 saturated heterocycles. The number of pyridine rings is 1. The van der Waals surface area contributed by atoms with Crippen LogP contribution in [0, 0.1) is 0 Å². The summed E-state index contributed by atoms with van der Waals surface area (Å²) in [4.78, 5) is 13.3. The molecule has 0 fully saturated rings. The van der Waals surface area contributed by atoms with Crippen molar-refractivity contribution in [2.45, 2.75) is 0 Å². The largest absolute Gasteiger partial charge is 0.481 e. The maximum atomic E-state index is 5.11. The highest BCUT2D eigenvalue weighted by Crippen LogP contribution is 2.28. The Balaban J connectivity index is 1.48. The second-order valence-corrected chi connectivity index (χ2v) is 6.52. The first-order valence-electron chi connectivity index (χ1n) is 8.11. The molecule has 0 aromatic carbocycles. The molecule has 0 radical (unpaired) electrons. The summed E-state index contributed by atoms with van der Waals surface area (Å²) in [6.45, 7) is 0. The van der Waals surface area contributed by atoms with E-state index in [1.807, 2.05) is 34.9 Å². The zero-order valence-corrected chi connectivity index (χ0v) is 15.0. The lowest BCUT2D eigenvalue weighted by atomic mass is 10.2. The van der Waals surface area contributed by atoms with Crippen LogP contribution in [0.25, 0.3) is 16.9 Å². The van der Waals surface area contributed by atoms with Crippen molar-refractivity contribution in [2.75, 3.05) is 12.4 Å². The highest BCUT2D eigenvalue weighted by Gasteiger charge is 2.17. The Labute approximate surface area is 158 Å². The summed E-state index contributed by atoms with van der Waals surface area (Å²) in [5.41, 5.74) is 4.14. The van der Waals surface area contributed by atoms with Gasteiger partial charge in [-0.25, -0.2) is 9.50 Å². The number of rotatable bonds is 4. The number of allylic oxidation sites excluding steroid dienone is 2. The van der Waals surface area contributed by atoms with E-state index in [0.29, 0.717) is 23.2 Å². The molecule has 3 aromatic heterocycles. The topological polar surface area (TPSA) is 92.5 Å². The number of ether oxygens (including phenoxy) is 1. The minimum atomic E-state index is 0.495. The van der Waals surface area contributed by atoms with Crippen LogP contribution in [0.15, 0.2) is 66.7 Å². The van der Waals surface area contributed by atoms with E-state index in [-0.39, 0.29) is 0 Å². The molecule has 0 atom stereocenters. The number of fused-ring (bicyclic) bond motifs is 2. The number of nitrogens with zero attached hydrogens (tertiary/aromatic N) is 6. The van der Waals surface area contributed by atoms with Crippen molar-refractivity contribution in [1.82, 2.24) is 33.6 Å². The van der Waals surface area contributed by atoms with Crippen molar-refractivity contribution >= 4 is 23.7 Å². The third kappa shape index (κ3) is 2.85. The predicted molar refractivity (Wildman–Crippen MR) is 102 cm³/mol. The Morgan fingerprint density at radius 1 is 1.26 bits per heavy atom. The van der Waals surface area contributed by atoms with Gasteiger partial charge < -0.3 is 14.8 Å². The van der Waals surface area contributed by atoms with Gasteiger partial charge in [0.2, 0.25) is 11.8 Å². The Kier molecular flexibility index (Phi) is 3.68. The van der Waals surface area contributed by atoms with E-state index in [0.717, 1.165) is 17.0 Å². The molecule has 5 heterocycles. The minimum absolute atomic E-state index is 0.495. The molecule has 27 heavy (non-hydrogen) atoms. The van der Waals surface area contributed by atoms with E-state index in [1.54, 1.807) is 36.3 Å². The molecule has 0 amide bonds. The van der Waals surface area contributed by atoms with Crippen molar-refractivity contribution in [2.24, 2.45) is 0 Å². The van der Waals surface area contributed by atoms with Gasteiger partial charge in [-0.05, 0) is 18.2 Å². The van der Waals surface area contributed by atoms with Crippen LogP contribution in [0.4, 0.5) is 5.95 Å². The molecule has 0 unspecified atom stereocenters. The van der Waals surface area contributed by atoms with Gasteiger partial charge in [-0.1, -0.05) is 0 Å². The predicted octanol–water partition coefficient (Wildman–Crippen LogP) is 2.33. The number of anilines is 1. The first-order chi connectivity index (χ1) is 13.3. The first kappa shape index (κ1) is 15.7. The highest BCUT2D eigenvalue weighted by molar-refractivity contribution is 7.95. The van der Waals surface area contributed by atoms with Crippen LogP contribution >= 0.6 is 12.1 Å². The normalized spacial score (nSPS) is 15.2. The molecule has 3 aromatic rings. The number of nitrogens with one attached hydrogen (secondary N) is 2. The third-order valence-electron chi connectivity index (χ3n) is 4.03. The number of aromatic nitrogens is 5. The molecular formula is C17H14N8OS. The Hall–Kier alpha value is -3.53. The fourth-order valence-corrected chi connectivity index (χ4v) is 3.38. The van der Waals surface area contributed by atoms with E-state index < -0.39 is 0 Å². The van der Waals surface area contributed by atoms with Crippen LogP contribution in [-0.2, 0) is 0 Å². The molecule has 9 nitrogen and oxygen atoms in total. The van der Waals surface area contributed by atoms with Gasteiger partial charge in [0.1, 0.15) is 5.69 Å². The average Bonchev–Trinajstić information content (AvgIpc) is 3.33. The maximum absolute atomic E-state index is 5.11. The van der Waals surface area contributed by atoms with Crippen LogP contribution in [0.3, 0.4) is 0 Å².